The fraction of sp³-hybridized carbons (Fsp3) is 0.217. The normalized spacial score (nSPS) is 19.4. The number of imidazole rings is 1. The van der Waals surface area contributed by atoms with Crippen LogP contribution in [0.2, 0.25) is 5.02 Å². The molecule has 0 spiro atoms. The largest absolute Gasteiger partial charge is 0.388 e. The zero-order valence-electron chi connectivity index (χ0n) is 18.7. The summed E-state index contributed by atoms with van der Waals surface area (Å²) in [6, 6.07) is 4.63. The van der Waals surface area contributed by atoms with Gasteiger partial charge in [-0.15, -0.1) is 0 Å². The molecule has 4 aromatic rings. The van der Waals surface area contributed by atoms with Crippen LogP contribution in [-0.4, -0.2) is 52.7 Å². The first kappa shape index (κ1) is 23.7. The molecule has 1 amide bonds. The molecule has 5 heterocycles. The van der Waals surface area contributed by atoms with Crippen LogP contribution in [0.4, 0.5) is 10.2 Å². The lowest BCUT2D eigenvalue weighted by Crippen LogP contribution is -2.30. The van der Waals surface area contributed by atoms with Gasteiger partial charge in [0, 0.05) is 29.4 Å². The number of pyridine rings is 2. The molecule has 11 nitrogen and oxygen atoms in total. The maximum atomic E-state index is 13.9. The number of hydrogen-bond acceptors (Lipinski definition) is 9. The van der Waals surface area contributed by atoms with E-state index in [9.17, 15) is 14.3 Å². The number of aliphatic hydroxyl groups excluding tert-OH is 1. The highest BCUT2D eigenvalue weighted by molar-refractivity contribution is 6.30. The van der Waals surface area contributed by atoms with Crippen LogP contribution in [0, 0.1) is 5.82 Å². The second kappa shape index (κ2) is 9.93. The molecule has 0 unspecified atom stereocenters. The maximum Gasteiger partial charge on any atom is 0.253 e. The highest BCUT2D eigenvalue weighted by Crippen LogP contribution is 2.33. The Kier molecular flexibility index (Phi) is 6.55. The molecular formula is C23H20ClFN8O3. The second-order valence-corrected chi connectivity index (χ2v) is 8.40. The van der Waals surface area contributed by atoms with Crippen molar-refractivity contribution in [2.24, 2.45) is 0 Å². The molecule has 0 radical (unpaired) electrons. The summed E-state index contributed by atoms with van der Waals surface area (Å²) in [6.45, 7) is 3.74. The minimum Gasteiger partial charge on any atom is -0.388 e. The van der Waals surface area contributed by atoms with Crippen molar-refractivity contribution >= 4 is 34.5 Å². The zero-order valence-corrected chi connectivity index (χ0v) is 19.4. The molecule has 184 valence electrons. The number of carbonyl (C=O) groups excluding carboxylic acids is 1. The summed E-state index contributed by atoms with van der Waals surface area (Å²) in [7, 11) is 0. The third-order valence-electron chi connectivity index (χ3n) is 5.50. The molecule has 0 bridgehead atoms. The van der Waals surface area contributed by atoms with Crippen LogP contribution in [-0.2, 0) is 16.1 Å². The van der Waals surface area contributed by atoms with Crippen LogP contribution in [0.5, 0.6) is 0 Å². The van der Waals surface area contributed by atoms with E-state index in [-0.39, 0.29) is 18.8 Å². The summed E-state index contributed by atoms with van der Waals surface area (Å²) in [6.07, 6.45) is 4.02. The Hall–Kier alpha value is -4.00. The summed E-state index contributed by atoms with van der Waals surface area (Å²) >= 11 is 6.06. The molecule has 3 atom stereocenters. The number of halogens is 2. The monoisotopic (exact) mass is 510 g/mol. The quantitative estimate of drug-likeness (QED) is 0.342. The summed E-state index contributed by atoms with van der Waals surface area (Å²) < 4.78 is 21.2. The van der Waals surface area contributed by atoms with Crippen LogP contribution < -0.4 is 10.6 Å². The third-order valence-corrected chi connectivity index (χ3v) is 5.73. The van der Waals surface area contributed by atoms with Crippen molar-refractivity contribution < 1.29 is 19.0 Å². The molecular weight excluding hydrogens is 491 g/mol. The van der Waals surface area contributed by atoms with E-state index in [1.54, 1.807) is 18.3 Å². The molecule has 36 heavy (non-hydrogen) atoms. The number of carbonyl (C=O) groups is 1. The van der Waals surface area contributed by atoms with Crippen LogP contribution in [0.1, 0.15) is 18.3 Å². The van der Waals surface area contributed by atoms with Crippen molar-refractivity contribution in [3.63, 3.8) is 0 Å². The first-order valence-electron chi connectivity index (χ1n) is 10.9. The van der Waals surface area contributed by atoms with Crippen molar-refractivity contribution in [2.75, 3.05) is 5.32 Å². The fourth-order valence-corrected chi connectivity index (χ4v) is 4.05. The van der Waals surface area contributed by atoms with Crippen molar-refractivity contribution in [1.82, 2.24) is 34.8 Å². The lowest BCUT2D eigenvalue weighted by atomic mass is 10.2. The number of nitrogens with zero attached hydrogens (tertiary/aromatic N) is 6. The first-order chi connectivity index (χ1) is 17.4. The summed E-state index contributed by atoms with van der Waals surface area (Å²) in [5.74, 6) is -0.457. The molecule has 13 heteroatoms. The van der Waals surface area contributed by atoms with Gasteiger partial charge in [-0.2, -0.15) is 0 Å². The van der Waals surface area contributed by atoms with Gasteiger partial charge in [0.2, 0.25) is 0 Å². The second-order valence-electron chi connectivity index (χ2n) is 7.96. The standard InChI is InChI=1S/C23H20ClFN8O3/c1-2-27-22(35)17-7-16(34)23(36-17)33-11-30-18-20(29-10-15-6-13(24)3-4-28-15)31-19(32-21(18)33)12-5-14(25)9-26-8-12/h2-6,8-9,11,16-17,23,34H,1,7,10H2,(H,27,35)(H,29,31,32)/t16-,17+,23-/m1/s1. The molecule has 1 saturated heterocycles. The molecule has 0 aromatic carbocycles. The fourth-order valence-electron chi connectivity index (χ4n) is 3.87. The predicted molar refractivity (Wildman–Crippen MR) is 128 cm³/mol. The highest BCUT2D eigenvalue weighted by Gasteiger charge is 2.39. The van der Waals surface area contributed by atoms with Gasteiger partial charge in [0.05, 0.1) is 24.8 Å². The number of aromatic nitrogens is 6. The number of rotatable bonds is 7. The Balaban J connectivity index is 1.55. The Bertz CT molecular complexity index is 1450. The van der Waals surface area contributed by atoms with Crippen molar-refractivity contribution in [2.45, 2.75) is 31.4 Å². The van der Waals surface area contributed by atoms with Crippen molar-refractivity contribution in [3.05, 3.63) is 72.4 Å². The predicted octanol–water partition coefficient (Wildman–Crippen LogP) is 2.60. The number of hydrogen-bond donors (Lipinski definition) is 3. The topological polar surface area (TPSA) is 140 Å². The average molecular weight is 511 g/mol. The number of anilines is 1. The molecule has 0 aliphatic carbocycles. The Morgan fingerprint density at radius 1 is 1.33 bits per heavy atom. The van der Waals surface area contributed by atoms with Crippen LogP contribution in [0.3, 0.4) is 0 Å². The van der Waals surface area contributed by atoms with Crippen LogP contribution >= 0.6 is 11.6 Å². The maximum absolute atomic E-state index is 13.9. The number of amides is 1. The van der Waals surface area contributed by atoms with Crippen LogP contribution in [0.15, 0.2) is 55.9 Å². The van der Waals surface area contributed by atoms with E-state index >= 15 is 0 Å². The Labute approximate surface area is 209 Å². The smallest absolute Gasteiger partial charge is 0.253 e. The van der Waals surface area contributed by atoms with E-state index in [1.807, 2.05) is 0 Å². The molecule has 1 aliphatic rings. The van der Waals surface area contributed by atoms with Gasteiger partial charge in [-0.25, -0.2) is 19.3 Å². The zero-order chi connectivity index (χ0) is 25.2. The number of aliphatic hydroxyl groups is 1. The van der Waals surface area contributed by atoms with Gasteiger partial charge < -0.3 is 20.5 Å². The molecule has 1 aliphatic heterocycles. The van der Waals surface area contributed by atoms with Gasteiger partial charge in [0.25, 0.3) is 5.91 Å². The lowest BCUT2D eigenvalue weighted by molar-refractivity contribution is -0.133. The van der Waals surface area contributed by atoms with E-state index in [1.165, 1.54) is 29.4 Å². The van der Waals surface area contributed by atoms with Crippen molar-refractivity contribution in [1.29, 1.82) is 0 Å². The highest BCUT2D eigenvalue weighted by atomic mass is 35.5. The molecule has 3 N–H and O–H groups in total. The van der Waals surface area contributed by atoms with Gasteiger partial charge in [-0.1, -0.05) is 18.2 Å². The van der Waals surface area contributed by atoms with Gasteiger partial charge >= 0.3 is 0 Å². The SMILES string of the molecule is C=CNC(=O)[C@@H]1C[C@@H](O)[C@H](n2cnc3c(NCc4cc(Cl)ccn4)nc(-c4cncc(F)c4)nc32)O1. The molecule has 0 saturated carbocycles. The number of ether oxygens (including phenoxy) is 1. The average Bonchev–Trinajstić information content (AvgIpc) is 3.46. The minimum absolute atomic E-state index is 0.0707. The van der Waals surface area contributed by atoms with Gasteiger partial charge in [0.1, 0.15) is 18.0 Å². The molecule has 4 aromatic heterocycles. The van der Waals surface area contributed by atoms with Gasteiger partial charge in [-0.3, -0.25) is 19.3 Å². The summed E-state index contributed by atoms with van der Waals surface area (Å²) in [5, 5.41) is 16.8. The van der Waals surface area contributed by atoms with E-state index in [2.05, 4.69) is 42.1 Å². The third kappa shape index (κ3) is 4.73. The van der Waals surface area contributed by atoms with Gasteiger partial charge in [0.15, 0.2) is 29.0 Å². The summed E-state index contributed by atoms with van der Waals surface area (Å²) in [5.41, 5.74) is 1.68. The van der Waals surface area contributed by atoms with E-state index in [4.69, 9.17) is 16.3 Å². The van der Waals surface area contributed by atoms with Crippen molar-refractivity contribution in [3.8, 4) is 11.4 Å². The number of nitrogens with one attached hydrogen (secondary N) is 2. The van der Waals surface area contributed by atoms with E-state index in [0.29, 0.717) is 33.3 Å². The van der Waals surface area contributed by atoms with E-state index < -0.39 is 30.2 Å². The lowest BCUT2D eigenvalue weighted by Gasteiger charge is -2.17. The van der Waals surface area contributed by atoms with Crippen LogP contribution in [0.25, 0.3) is 22.6 Å². The number of fused-ring (bicyclic) bond motifs is 1. The van der Waals surface area contributed by atoms with E-state index in [0.717, 1.165) is 6.20 Å². The minimum atomic E-state index is -1.01. The molecule has 1 fully saturated rings. The first-order valence-corrected chi connectivity index (χ1v) is 11.3. The Morgan fingerprint density at radius 2 is 2.19 bits per heavy atom. The molecule has 5 rings (SSSR count). The summed E-state index contributed by atoms with van der Waals surface area (Å²) in [4.78, 5) is 33.9. The van der Waals surface area contributed by atoms with Gasteiger partial charge in [-0.05, 0) is 24.4 Å². The Morgan fingerprint density at radius 3 is 2.97 bits per heavy atom.